The largest absolute Gasteiger partial charge is 0.375 e. The summed E-state index contributed by atoms with van der Waals surface area (Å²) in [4.78, 5) is 0. The molecule has 0 aromatic heterocycles. The van der Waals surface area contributed by atoms with Crippen LogP contribution >= 0.6 is 0 Å². The van der Waals surface area contributed by atoms with Crippen molar-refractivity contribution in [2.75, 3.05) is 19.7 Å². The van der Waals surface area contributed by atoms with E-state index >= 15 is 0 Å². The molecule has 1 aliphatic heterocycles. The lowest BCUT2D eigenvalue weighted by molar-refractivity contribution is 0.0146. The highest BCUT2D eigenvalue weighted by Gasteiger charge is 2.22. The molecule has 1 saturated heterocycles. The summed E-state index contributed by atoms with van der Waals surface area (Å²) in [7, 11) is 0. The standard InChI is InChI=1S/C13H18NO/c1-10-5-3-4-6-12(10)11(2)13-9-14-7-8-15-13/h3-6,11,13-14H,1,7-9H2,2H3. The molecule has 2 nitrogen and oxygen atoms in total. The highest BCUT2D eigenvalue weighted by molar-refractivity contribution is 5.32. The lowest BCUT2D eigenvalue weighted by Crippen LogP contribution is -2.41. The Morgan fingerprint density at radius 2 is 2.27 bits per heavy atom. The third kappa shape index (κ3) is 2.39. The van der Waals surface area contributed by atoms with E-state index in [1.54, 1.807) is 0 Å². The quantitative estimate of drug-likeness (QED) is 0.795. The van der Waals surface area contributed by atoms with E-state index in [0.29, 0.717) is 5.92 Å². The number of hydrogen-bond acceptors (Lipinski definition) is 2. The van der Waals surface area contributed by atoms with Crippen LogP contribution in [0.1, 0.15) is 24.0 Å². The molecule has 0 amide bonds. The fraction of sp³-hybridized carbons (Fsp3) is 0.462. The first kappa shape index (κ1) is 10.7. The first-order valence-electron chi connectivity index (χ1n) is 5.52. The molecule has 0 saturated carbocycles. The topological polar surface area (TPSA) is 21.3 Å². The highest BCUT2D eigenvalue weighted by Crippen LogP contribution is 2.24. The Bertz CT molecular complexity index is 318. The number of hydrogen-bond donors (Lipinski definition) is 1. The van der Waals surface area contributed by atoms with E-state index in [2.05, 4.69) is 37.4 Å². The van der Waals surface area contributed by atoms with E-state index in [1.165, 1.54) is 5.56 Å². The van der Waals surface area contributed by atoms with Crippen LogP contribution in [0.5, 0.6) is 0 Å². The van der Waals surface area contributed by atoms with Gasteiger partial charge in [0.25, 0.3) is 0 Å². The van der Waals surface area contributed by atoms with Gasteiger partial charge in [0.05, 0.1) is 12.7 Å². The number of benzene rings is 1. The molecular weight excluding hydrogens is 186 g/mol. The molecule has 15 heavy (non-hydrogen) atoms. The zero-order valence-electron chi connectivity index (χ0n) is 9.20. The Balaban J connectivity index is 2.12. The second-order valence-electron chi connectivity index (χ2n) is 4.10. The number of nitrogens with one attached hydrogen (secondary N) is 1. The fourth-order valence-electron chi connectivity index (χ4n) is 2.09. The predicted octanol–water partition coefficient (Wildman–Crippen LogP) is 1.96. The van der Waals surface area contributed by atoms with E-state index < -0.39 is 0 Å². The van der Waals surface area contributed by atoms with Crippen molar-refractivity contribution in [2.24, 2.45) is 0 Å². The maximum Gasteiger partial charge on any atom is 0.0765 e. The Labute approximate surface area is 91.6 Å². The van der Waals surface area contributed by atoms with Gasteiger partial charge < -0.3 is 10.1 Å². The summed E-state index contributed by atoms with van der Waals surface area (Å²) < 4.78 is 5.76. The smallest absolute Gasteiger partial charge is 0.0765 e. The van der Waals surface area contributed by atoms with Crippen molar-refractivity contribution in [1.82, 2.24) is 5.32 Å². The lowest BCUT2D eigenvalue weighted by atomic mass is 9.91. The van der Waals surface area contributed by atoms with Gasteiger partial charge in [-0.3, -0.25) is 0 Å². The van der Waals surface area contributed by atoms with Gasteiger partial charge in [-0.15, -0.1) is 0 Å². The van der Waals surface area contributed by atoms with Crippen LogP contribution in [0.3, 0.4) is 0 Å². The first-order valence-corrected chi connectivity index (χ1v) is 5.52. The maximum absolute atomic E-state index is 5.76. The summed E-state index contributed by atoms with van der Waals surface area (Å²) in [5, 5.41) is 3.36. The number of morpholine rings is 1. The van der Waals surface area contributed by atoms with Crippen LogP contribution in [-0.2, 0) is 4.74 Å². The molecule has 1 aliphatic rings. The molecule has 2 atom stereocenters. The zero-order valence-corrected chi connectivity index (χ0v) is 9.20. The SMILES string of the molecule is [CH2]c1ccccc1C(C)C1CNCCO1. The normalized spacial score (nSPS) is 23.7. The Kier molecular flexibility index (Phi) is 3.39. The molecule has 1 aromatic rings. The number of ether oxygens (including phenoxy) is 1. The molecule has 2 unspecified atom stereocenters. The fourth-order valence-corrected chi connectivity index (χ4v) is 2.09. The summed E-state index contributed by atoms with van der Waals surface area (Å²) in [6, 6.07) is 8.29. The van der Waals surface area contributed by atoms with Gasteiger partial charge in [-0.2, -0.15) is 0 Å². The molecule has 1 fully saturated rings. The average Bonchev–Trinajstić information content (AvgIpc) is 2.30. The second kappa shape index (κ2) is 4.77. The highest BCUT2D eigenvalue weighted by atomic mass is 16.5. The van der Waals surface area contributed by atoms with Gasteiger partial charge in [0.1, 0.15) is 0 Å². The van der Waals surface area contributed by atoms with Crippen LogP contribution in [0.25, 0.3) is 0 Å². The van der Waals surface area contributed by atoms with Crippen LogP contribution in [0.2, 0.25) is 0 Å². The Morgan fingerprint density at radius 3 is 2.93 bits per heavy atom. The monoisotopic (exact) mass is 204 g/mol. The van der Waals surface area contributed by atoms with E-state index in [9.17, 15) is 0 Å². The van der Waals surface area contributed by atoms with Gasteiger partial charge in [-0.25, -0.2) is 0 Å². The van der Waals surface area contributed by atoms with Gasteiger partial charge in [0.15, 0.2) is 0 Å². The molecule has 1 N–H and O–H groups in total. The molecule has 0 aliphatic carbocycles. The number of rotatable bonds is 2. The molecular formula is C13H18NO. The van der Waals surface area contributed by atoms with Crippen molar-refractivity contribution in [3.63, 3.8) is 0 Å². The van der Waals surface area contributed by atoms with Crippen LogP contribution in [-0.4, -0.2) is 25.8 Å². The molecule has 1 aromatic carbocycles. The molecule has 2 heteroatoms. The maximum atomic E-state index is 5.76. The Morgan fingerprint density at radius 1 is 1.47 bits per heavy atom. The summed E-state index contributed by atoms with van der Waals surface area (Å²) >= 11 is 0. The van der Waals surface area contributed by atoms with E-state index in [-0.39, 0.29) is 6.10 Å². The molecule has 81 valence electrons. The minimum absolute atomic E-state index is 0.279. The predicted molar refractivity (Wildman–Crippen MR) is 61.9 cm³/mol. The molecule has 2 rings (SSSR count). The summed E-state index contributed by atoms with van der Waals surface area (Å²) in [5.74, 6) is 0.409. The zero-order chi connectivity index (χ0) is 10.7. The van der Waals surface area contributed by atoms with Crippen molar-refractivity contribution in [3.05, 3.63) is 42.3 Å². The third-order valence-electron chi connectivity index (χ3n) is 3.06. The van der Waals surface area contributed by atoms with Crippen LogP contribution in [0.15, 0.2) is 24.3 Å². The molecule has 0 bridgehead atoms. The van der Waals surface area contributed by atoms with Crippen molar-refractivity contribution in [2.45, 2.75) is 18.9 Å². The first-order chi connectivity index (χ1) is 7.29. The van der Waals surface area contributed by atoms with Crippen molar-refractivity contribution >= 4 is 0 Å². The third-order valence-corrected chi connectivity index (χ3v) is 3.06. The van der Waals surface area contributed by atoms with Gasteiger partial charge in [0, 0.05) is 19.0 Å². The van der Waals surface area contributed by atoms with Crippen molar-refractivity contribution in [1.29, 1.82) is 0 Å². The minimum atomic E-state index is 0.279. The van der Waals surface area contributed by atoms with Gasteiger partial charge in [-0.1, -0.05) is 31.2 Å². The summed E-state index contributed by atoms with van der Waals surface area (Å²) in [6.45, 7) is 8.99. The van der Waals surface area contributed by atoms with E-state index in [4.69, 9.17) is 4.74 Å². The van der Waals surface area contributed by atoms with Crippen LogP contribution in [0.4, 0.5) is 0 Å². The van der Waals surface area contributed by atoms with E-state index in [1.807, 2.05) is 6.07 Å². The summed E-state index contributed by atoms with van der Waals surface area (Å²) in [6.07, 6.45) is 0.279. The van der Waals surface area contributed by atoms with Gasteiger partial charge in [0.2, 0.25) is 0 Å². The lowest BCUT2D eigenvalue weighted by Gasteiger charge is -2.29. The average molecular weight is 204 g/mol. The second-order valence-corrected chi connectivity index (χ2v) is 4.10. The van der Waals surface area contributed by atoms with Crippen LogP contribution in [0, 0.1) is 6.92 Å². The van der Waals surface area contributed by atoms with Crippen LogP contribution < -0.4 is 5.32 Å². The summed E-state index contributed by atoms with van der Waals surface area (Å²) in [5.41, 5.74) is 2.41. The molecule has 1 heterocycles. The van der Waals surface area contributed by atoms with Crippen molar-refractivity contribution < 1.29 is 4.74 Å². The Hall–Kier alpha value is -0.860. The van der Waals surface area contributed by atoms with E-state index in [0.717, 1.165) is 25.3 Å². The van der Waals surface area contributed by atoms with Crippen molar-refractivity contribution in [3.8, 4) is 0 Å². The van der Waals surface area contributed by atoms with Gasteiger partial charge in [-0.05, 0) is 18.1 Å². The molecule has 1 radical (unpaired) electrons. The molecule has 0 spiro atoms. The minimum Gasteiger partial charge on any atom is -0.375 e. The van der Waals surface area contributed by atoms with Gasteiger partial charge >= 0.3 is 0 Å².